The van der Waals surface area contributed by atoms with E-state index in [0.717, 1.165) is 27.9 Å². The summed E-state index contributed by atoms with van der Waals surface area (Å²) in [5.41, 5.74) is 14.0. The van der Waals surface area contributed by atoms with Gasteiger partial charge in [-0.1, -0.05) is 60.7 Å². The second-order valence-corrected chi connectivity index (χ2v) is 10.2. The number of amides is 3. The van der Waals surface area contributed by atoms with Gasteiger partial charge >= 0.3 is 6.03 Å². The Labute approximate surface area is 280 Å². The van der Waals surface area contributed by atoms with Gasteiger partial charge in [0, 0.05) is 37.1 Å². The lowest BCUT2D eigenvalue weighted by Crippen LogP contribution is -2.47. The van der Waals surface area contributed by atoms with Crippen LogP contribution in [0.3, 0.4) is 0 Å². The van der Waals surface area contributed by atoms with E-state index in [2.05, 4.69) is 21.0 Å². The highest BCUT2D eigenvalue weighted by Gasteiger charge is 2.36. The first-order valence-electron chi connectivity index (χ1n) is 14.2. The van der Waals surface area contributed by atoms with Gasteiger partial charge in [-0.3, -0.25) is 19.6 Å². The lowest BCUT2D eigenvalue weighted by Gasteiger charge is -2.39. The minimum Gasteiger partial charge on any atom is -0.490 e. The SMILES string of the molecule is CNN1c2cccc(-c3cccc(C(=O)NCc4cccnc4)c3)c2C(C(=O)CNC(N)=O)=C(OCc2ccccc2)C1C.Cl.Cl. The maximum atomic E-state index is 13.9. The number of carbonyl (C=O) groups excluding carboxylic acids is 3. The van der Waals surface area contributed by atoms with Gasteiger partial charge in [-0.25, -0.2) is 10.2 Å². The van der Waals surface area contributed by atoms with Crippen molar-refractivity contribution in [1.82, 2.24) is 21.0 Å². The maximum absolute atomic E-state index is 13.9. The molecule has 1 unspecified atom stereocenters. The van der Waals surface area contributed by atoms with Gasteiger partial charge in [-0.05, 0) is 53.4 Å². The highest BCUT2D eigenvalue weighted by Crippen LogP contribution is 2.44. The molecule has 3 amide bonds. The number of benzene rings is 3. The van der Waals surface area contributed by atoms with E-state index < -0.39 is 6.03 Å². The van der Waals surface area contributed by atoms with Gasteiger partial charge in [0.1, 0.15) is 18.4 Å². The molecule has 0 aliphatic carbocycles. The van der Waals surface area contributed by atoms with Crippen molar-refractivity contribution in [1.29, 1.82) is 0 Å². The molecule has 5 rings (SSSR count). The number of rotatable bonds is 11. The van der Waals surface area contributed by atoms with Crippen LogP contribution in [0.15, 0.2) is 103 Å². The summed E-state index contributed by atoms with van der Waals surface area (Å²) < 4.78 is 6.40. The lowest BCUT2D eigenvalue weighted by atomic mass is 9.85. The number of nitrogens with one attached hydrogen (secondary N) is 3. The molecular weight excluding hydrogens is 627 g/mol. The van der Waals surface area contributed by atoms with Crippen molar-refractivity contribution in [2.24, 2.45) is 5.73 Å². The topological polar surface area (TPSA) is 139 Å². The molecule has 0 saturated heterocycles. The smallest absolute Gasteiger partial charge is 0.312 e. The lowest BCUT2D eigenvalue weighted by molar-refractivity contribution is -0.113. The molecule has 46 heavy (non-hydrogen) atoms. The van der Waals surface area contributed by atoms with E-state index in [4.69, 9.17) is 10.5 Å². The van der Waals surface area contributed by atoms with Gasteiger partial charge in [0.2, 0.25) is 0 Å². The second kappa shape index (κ2) is 16.4. The van der Waals surface area contributed by atoms with Crippen LogP contribution < -0.4 is 26.8 Å². The highest BCUT2D eigenvalue weighted by molar-refractivity contribution is 6.26. The zero-order valence-corrected chi connectivity index (χ0v) is 27.0. The molecule has 3 aromatic carbocycles. The van der Waals surface area contributed by atoms with Crippen molar-refractivity contribution < 1.29 is 19.1 Å². The van der Waals surface area contributed by atoms with Gasteiger partial charge in [0.05, 0.1) is 17.8 Å². The molecule has 1 atom stereocenters. The number of hydrogen-bond donors (Lipinski definition) is 4. The molecule has 10 nitrogen and oxygen atoms in total. The first-order valence-corrected chi connectivity index (χ1v) is 14.2. The van der Waals surface area contributed by atoms with E-state index in [0.29, 0.717) is 29.0 Å². The molecule has 4 aromatic rings. The number of ether oxygens (including phenoxy) is 1. The van der Waals surface area contributed by atoms with Crippen molar-refractivity contribution in [2.45, 2.75) is 26.1 Å². The normalized spacial score (nSPS) is 13.4. The Morgan fingerprint density at radius 1 is 0.913 bits per heavy atom. The summed E-state index contributed by atoms with van der Waals surface area (Å²) in [6, 6.07) is 25.2. The van der Waals surface area contributed by atoms with E-state index in [-0.39, 0.29) is 55.7 Å². The Bertz CT molecular complexity index is 1700. The number of pyridine rings is 1. The predicted octanol–water partition coefficient (Wildman–Crippen LogP) is 5.03. The number of ketones is 1. The monoisotopic (exact) mass is 662 g/mol. The average Bonchev–Trinajstić information content (AvgIpc) is 3.05. The zero-order chi connectivity index (χ0) is 31.1. The van der Waals surface area contributed by atoms with Crippen LogP contribution in [0.1, 0.15) is 34.0 Å². The van der Waals surface area contributed by atoms with Gasteiger partial charge in [0.15, 0.2) is 5.78 Å². The fraction of sp³-hybridized carbons (Fsp3) is 0.176. The molecule has 0 bridgehead atoms. The van der Waals surface area contributed by atoms with Crippen molar-refractivity contribution in [2.75, 3.05) is 18.6 Å². The molecule has 1 aromatic heterocycles. The Morgan fingerprint density at radius 2 is 1.65 bits per heavy atom. The number of aromatic nitrogens is 1. The van der Waals surface area contributed by atoms with Gasteiger partial charge < -0.3 is 21.1 Å². The van der Waals surface area contributed by atoms with Crippen molar-refractivity contribution in [3.63, 3.8) is 0 Å². The molecule has 240 valence electrons. The van der Waals surface area contributed by atoms with Crippen LogP contribution in [0.5, 0.6) is 0 Å². The van der Waals surface area contributed by atoms with E-state index in [1.807, 2.05) is 84.7 Å². The number of primary amides is 1. The summed E-state index contributed by atoms with van der Waals surface area (Å²) in [6.07, 6.45) is 3.39. The quantitative estimate of drug-likeness (QED) is 0.177. The van der Waals surface area contributed by atoms with Crippen molar-refractivity contribution in [3.8, 4) is 11.1 Å². The van der Waals surface area contributed by atoms with Gasteiger partial charge in [-0.15, -0.1) is 24.8 Å². The molecule has 0 radical (unpaired) electrons. The number of urea groups is 1. The Balaban J connectivity index is 0.00000288. The number of Topliss-reactive ketones (excluding diaryl/α,β-unsaturated/α-hetero) is 1. The summed E-state index contributed by atoms with van der Waals surface area (Å²) in [5, 5.41) is 7.30. The van der Waals surface area contributed by atoms with E-state index in [1.165, 1.54) is 0 Å². The number of anilines is 1. The summed E-state index contributed by atoms with van der Waals surface area (Å²) in [4.78, 5) is 42.7. The van der Waals surface area contributed by atoms with Gasteiger partial charge in [0.25, 0.3) is 5.91 Å². The highest BCUT2D eigenvalue weighted by atomic mass is 35.5. The van der Waals surface area contributed by atoms with Crippen LogP contribution in [0.4, 0.5) is 10.5 Å². The molecule has 0 spiro atoms. The minimum atomic E-state index is -0.801. The molecule has 2 heterocycles. The average molecular weight is 664 g/mol. The molecule has 1 aliphatic heterocycles. The van der Waals surface area contributed by atoms with E-state index >= 15 is 0 Å². The molecule has 0 saturated carbocycles. The molecular formula is C34H36Cl2N6O4. The second-order valence-electron chi connectivity index (χ2n) is 10.2. The van der Waals surface area contributed by atoms with Gasteiger partial charge in [-0.2, -0.15) is 0 Å². The number of fused-ring (bicyclic) bond motifs is 1. The Hall–Kier alpha value is -4.90. The number of nitrogens with zero attached hydrogens (tertiary/aromatic N) is 2. The number of carbonyl (C=O) groups is 3. The summed E-state index contributed by atoms with van der Waals surface area (Å²) in [7, 11) is 1.80. The molecule has 12 heteroatoms. The summed E-state index contributed by atoms with van der Waals surface area (Å²) in [6.45, 7) is 2.21. The Morgan fingerprint density at radius 3 is 2.35 bits per heavy atom. The van der Waals surface area contributed by atoms with E-state index in [1.54, 1.807) is 31.6 Å². The number of nitrogens with two attached hydrogens (primary N) is 1. The third kappa shape index (κ3) is 8.02. The third-order valence-corrected chi connectivity index (χ3v) is 7.36. The third-order valence-electron chi connectivity index (χ3n) is 7.36. The number of hydrogen-bond acceptors (Lipinski definition) is 7. The summed E-state index contributed by atoms with van der Waals surface area (Å²) >= 11 is 0. The number of hydrazine groups is 1. The fourth-order valence-electron chi connectivity index (χ4n) is 5.29. The Kier molecular flexibility index (Phi) is 12.7. The molecule has 5 N–H and O–H groups in total. The van der Waals surface area contributed by atoms with Crippen LogP contribution >= 0.6 is 24.8 Å². The summed E-state index contributed by atoms with van der Waals surface area (Å²) in [5.74, 6) is -0.145. The zero-order valence-electron chi connectivity index (χ0n) is 25.4. The minimum absolute atomic E-state index is 0. The van der Waals surface area contributed by atoms with Crippen LogP contribution in [0.2, 0.25) is 0 Å². The van der Waals surface area contributed by atoms with Crippen molar-refractivity contribution in [3.05, 3.63) is 125 Å². The molecule has 1 aliphatic rings. The fourth-order valence-corrected chi connectivity index (χ4v) is 5.29. The maximum Gasteiger partial charge on any atom is 0.312 e. The van der Waals surface area contributed by atoms with E-state index in [9.17, 15) is 14.4 Å². The van der Waals surface area contributed by atoms with Crippen LogP contribution in [-0.2, 0) is 22.7 Å². The van der Waals surface area contributed by atoms with Crippen LogP contribution in [-0.4, -0.2) is 42.3 Å². The van der Waals surface area contributed by atoms with Crippen LogP contribution in [0, 0.1) is 0 Å². The molecule has 0 fully saturated rings. The van der Waals surface area contributed by atoms with Crippen molar-refractivity contribution >= 4 is 53.8 Å². The number of halogens is 2. The predicted molar refractivity (Wildman–Crippen MR) is 184 cm³/mol. The van der Waals surface area contributed by atoms with Crippen LogP contribution in [0.25, 0.3) is 16.7 Å². The largest absolute Gasteiger partial charge is 0.490 e. The standard InChI is InChI=1S/C34H34N6O4.2ClH/c1-22-32(44-21-23-9-4-3-5-10-23)31(29(41)20-39-34(35)43)30-27(14-7-15-28(30)40(22)36-2)25-12-6-13-26(17-25)33(42)38-19-24-11-8-16-37-18-24;;/h3-18,22,36H,19-21H2,1-2H3,(H,38,42)(H3,35,39,43);2*1H. The first-order chi connectivity index (χ1) is 21.4. The first kappa shape index (κ1) is 35.6.